The highest BCUT2D eigenvalue weighted by atomic mass is 35.5. The summed E-state index contributed by atoms with van der Waals surface area (Å²) in [4.78, 5) is 21.8. The Morgan fingerprint density at radius 2 is 2.11 bits per heavy atom. The molecule has 0 aromatic heterocycles. The molecule has 0 saturated carbocycles. The molecule has 98 valence electrons. The van der Waals surface area contributed by atoms with Crippen LogP contribution < -0.4 is 10.6 Å². The van der Waals surface area contributed by atoms with E-state index in [1.54, 1.807) is 20.9 Å². The van der Waals surface area contributed by atoms with Gasteiger partial charge in [0.2, 0.25) is 5.91 Å². The molecule has 0 fully saturated rings. The highest BCUT2D eigenvalue weighted by molar-refractivity contribution is 6.33. The molecule has 0 radical (unpaired) electrons. The first kappa shape index (κ1) is 14.4. The van der Waals surface area contributed by atoms with E-state index >= 15 is 0 Å². The van der Waals surface area contributed by atoms with Crippen LogP contribution in [0, 0.1) is 17.0 Å². The van der Waals surface area contributed by atoms with Crippen molar-refractivity contribution in [3.63, 3.8) is 0 Å². The Labute approximate surface area is 109 Å². The molecule has 0 saturated heterocycles. The molecule has 1 amide bonds. The molecule has 1 unspecified atom stereocenters. The maximum atomic E-state index is 11.7. The zero-order valence-electron chi connectivity index (χ0n) is 10.3. The molecular weight excluding hydrogens is 258 g/mol. The highest BCUT2D eigenvalue weighted by Crippen LogP contribution is 2.30. The van der Waals surface area contributed by atoms with Gasteiger partial charge in [0, 0.05) is 11.8 Å². The molecule has 1 rings (SSSR count). The van der Waals surface area contributed by atoms with Crippen molar-refractivity contribution in [3.8, 4) is 0 Å². The SMILES string of the molecule is CNC(C)C(=O)Nc1cc(Cl)c([N+](=O)[O-])cc1C. The van der Waals surface area contributed by atoms with Gasteiger partial charge in [-0.05, 0) is 32.5 Å². The van der Waals surface area contributed by atoms with Gasteiger partial charge in [-0.3, -0.25) is 14.9 Å². The van der Waals surface area contributed by atoms with Crippen molar-refractivity contribution < 1.29 is 9.72 Å². The molecule has 0 heterocycles. The molecule has 0 aliphatic rings. The Morgan fingerprint density at radius 3 is 2.61 bits per heavy atom. The topological polar surface area (TPSA) is 84.3 Å². The standard InChI is InChI=1S/C11H14ClN3O3/c1-6-4-10(15(17)18)8(12)5-9(6)14-11(16)7(2)13-3/h4-5,7,13H,1-3H3,(H,14,16). The van der Waals surface area contributed by atoms with E-state index in [-0.39, 0.29) is 22.7 Å². The second kappa shape index (κ2) is 5.79. The number of benzene rings is 1. The van der Waals surface area contributed by atoms with Crippen molar-refractivity contribution in [2.75, 3.05) is 12.4 Å². The lowest BCUT2D eigenvalue weighted by molar-refractivity contribution is -0.384. The summed E-state index contributed by atoms with van der Waals surface area (Å²) in [7, 11) is 1.67. The van der Waals surface area contributed by atoms with Gasteiger partial charge in [-0.25, -0.2) is 0 Å². The minimum Gasteiger partial charge on any atom is -0.324 e. The second-order valence-electron chi connectivity index (χ2n) is 3.88. The first-order valence-electron chi connectivity index (χ1n) is 5.29. The van der Waals surface area contributed by atoms with Gasteiger partial charge >= 0.3 is 0 Å². The monoisotopic (exact) mass is 271 g/mol. The third-order valence-electron chi connectivity index (χ3n) is 2.57. The Balaban J connectivity index is 3.02. The lowest BCUT2D eigenvalue weighted by atomic mass is 10.1. The number of anilines is 1. The summed E-state index contributed by atoms with van der Waals surface area (Å²) in [6, 6.07) is 2.36. The number of nitrogens with zero attached hydrogens (tertiary/aromatic N) is 1. The van der Waals surface area contributed by atoms with E-state index in [9.17, 15) is 14.9 Å². The number of nitro benzene ring substituents is 1. The van der Waals surface area contributed by atoms with Gasteiger partial charge in [-0.1, -0.05) is 11.6 Å². The maximum Gasteiger partial charge on any atom is 0.288 e. The van der Waals surface area contributed by atoms with Gasteiger partial charge in [0.25, 0.3) is 5.69 Å². The number of aryl methyl sites for hydroxylation is 1. The summed E-state index contributed by atoms with van der Waals surface area (Å²) >= 11 is 5.78. The van der Waals surface area contributed by atoms with E-state index < -0.39 is 4.92 Å². The number of halogens is 1. The maximum absolute atomic E-state index is 11.7. The van der Waals surface area contributed by atoms with Crippen LogP contribution in [0.25, 0.3) is 0 Å². The molecule has 0 aliphatic heterocycles. The molecule has 1 atom stereocenters. The Morgan fingerprint density at radius 1 is 1.50 bits per heavy atom. The van der Waals surface area contributed by atoms with Crippen LogP contribution in [0.1, 0.15) is 12.5 Å². The summed E-state index contributed by atoms with van der Waals surface area (Å²) in [5.74, 6) is -0.231. The van der Waals surface area contributed by atoms with Crippen molar-refractivity contribution in [1.29, 1.82) is 0 Å². The van der Waals surface area contributed by atoms with Gasteiger partial charge < -0.3 is 10.6 Å². The first-order valence-corrected chi connectivity index (χ1v) is 5.67. The fourth-order valence-corrected chi connectivity index (χ4v) is 1.55. The van der Waals surface area contributed by atoms with Crippen LogP contribution >= 0.6 is 11.6 Å². The van der Waals surface area contributed by atoms with Crippen molar-refractivity contribution in [2.24, 2.45) is 0 Å². The number of hydrogen-bond acceptors (Lipinski definition) is 4. The van der Waals surface area contributed by atoms with E-state index in [2.05, 4.69) is 10.6 Å². The number of amides is 1. The molecule has 0 bridgehead atoms. The average Bonchev–Trinajstić information content (AvgIpc) is 2.31. The number of nitrogens with one attached hydrogen (secondary N) is 2. The van der Waals surface area contributed by atoms with Crippen LogP contribution in [0.15, 0.2) is 12.1 Å². The number of carbonyl (C=O) groups is 1. The van der Waals surface area contributed by atoms with Crippen LogP contribution in [0.4, 0.5) is 11.4 Å². The number of rotatable bonds is 4. The van der Waals surface area contributed by atoms with E-state index in [1.807, 2.05) is 0 Å². The highest BCUT2D eigenvalue weighted by Gasteiger charge is 2.17. The van der Waals surface area contributed by atoms with Gasteiger partial charge in [0.05, 0.1) is 11.0 Å². The molecule has 6 nitrogen and oxygen atoms in total. The second-order valence-corrected chi connectivity index (χ2v) is 4.28. The van der Waals surface area contributed by atoms with Crippen molar-refractivity contribution in [3.05, 3.63) is 32.8 Å². The summed E-state index contributed by atoms with van der Waals surface area (Å²) in [6.07, 6.45) is 0. The third kappa shape index (κ3) is 3.18. The van der Waals surface area contributed by atoms with E-state index in [0.29, 0.717) is 11.3 Å². The number of carbonyl (C=O) groups excluding carboxylic acids is 1. The zero-order chi connectivity index (χ0) is 13.9. The number of likely N-dealkylation sites (N-methyl/N-ethyl adjacent to an activating group) is 1. The molecule has 7 heteroatoms. The zero-order valence-corrected chi connectivity index (χ0v) is 11.0. The molecule has 0 aliphatic carbocycles. The lowest BCUT2D eigenvalue weighted by Gasteiger charge is -2.13. The van der Waals surface area contributed by atoms with Gasteiger partial charge in [-0.2, -0.15) is 0 Å². The summed E-state index contributed by atoms with van der Waals surface area (Å²) in [5, 5.41) is 16.1. The van der Waals surface area contributed by atoms with Gasteiger partial charge in [0.15, 0.2) is 0 Å². The normalized spacial score (nSPS) is 12.0. The van der Waals surface area contributed by atoms with Crippen LogP contribution in [0.2, 0.25) is 5.02 Å². The predicted octanol–water partition coefficient (Wildman–Crippen LogP) is 2.10. The molecular formula is C11H14ClN3O3. The van der Waals surface area contributed by atoms with E-state index in [0.717, 1.165) is 0 Å². The smallest absolute Gasteiger partial charge is 0.288 e. The van der Waals surface area contributed by atoms with E-state index in [1.165, 1.54) is 12.1 Å². The lowest BCUT2D eigenvalue weighted by Crippen LogP contribution is -2.35. The largest absolute Gasteiger partial charge is 0.324 e. The van der Waals surface area contributed by atoms with Crippen molar-refractivity contribution in [1.82, 2.24) is 5.32 Å². The molecule has 18 heavy (non-hydrogen) atoms. The Kier molecular flexibility index (Phi) is 4.63. The summed E-state index contributed by atoms with van der Waals surface area (Å²) in [6.45, 7) is 3.38. The predicted molar refractivity (Wildman–Crippen MR) is 70.0 cm³/mol. The average molecular weight is 272 g/mol. The number of nitro groups is 1. The molecule has 0 spiro atoms. The first-order chi connectivity index (χ1) is 8.36. The van der Waals surface area contributed by atoms with Crippen molar-refractivity contribution in [2.45, 2.75) is 19.9 Å². The quantitative estimate of drug-likeness (QED) is 0.649. The molecule has 1 aromatic rings. The minimum absolute atomic E-state index is 0.00184. The van der Waals surface area contributed by atoms with Gasteiger partial charge in [-0.15, -0.1) is 0 Å². The van der Waals surface area contributed by atoms with Crippen LogP contribution in [0.5, 0.6) is 0 Å². The van der Waals surface area contributed by atoms with E-state index in [4.69, 9.17) is 11.6 Å². The van der Waals surface area contributed by atoms with Crippen LogP contribution in [0.3, 0.4) is 0 Å². The fourth-order valence-electron chi connectivity index (χ4n) is 1.31. The van der Waals surface area contributed by atoms with Crippen LogP contribution in [-0.2, 0) is 4.79 Å². The summed E-state index contributed by atoms with van der Waals surface area (Å²) < 4.78 is 0. The van der Waals surface area contributed by atoms with Crippen molar-refractivity contribution >= 4 is 28.9 Å². The third-order valence-corrected chi connectivity index (χ3v) is 2.88. The molecule has 2 N–H and O–H groups in total. The fraction of sp³-hybridized carbons (Fsp3) is 0.364. The van der Waals surface area contributed by atoms with Gasteiger partial charge in [0.1, 0.15) is 5.02 Å². The number of hydrogen-bond donors (Lipinski definition) is 2. The van der Waals surface area contributed by atoms with Crippen LogP contribution in [-0.4, -0.2) is 23.9 Å². The Bertz CT molecular complexity index is 491. The minimum atomic E-state index is -0.558. The molecule has 1 aromatic carbocycles. The summed E-state index contributed by atoms with van der Waals surface area (Å²) in [5.41, 5.74) is 0.884. The Hall–Kier alpha value is -1.66.